The van der Waals surface area contributed by atoms with Crippen molar-refractivity contribution >= 4 is 40.5 Å². The zero-order chi connectivity index (χ0) is 21.1. The molecule has 2 aromatic rings. The molecule has 146 valence electrons. The van der Waals surface area contributed by atoms with Crippen LogP contribution in [0.1, 0.15) is 12.5 Å². The summed E-state index contributed by atoms with van der Waals surface area (Å²) in [5.74, 6) is -1.19. The van der Waals surface area contributed by atoms with Gasteiger partial charge in [0.2, 0.25) is 0 Å². The fourth-order valence-electron chi connectivity index (χ4n) is 2.95. The van der Waals surface area contributed by atoms with Crippen molar-refractivity contribution in [3.63, 3.8) is 0 Å². The molecular weight excluding hydrogens is 388 g/mol. The molecule has 29 heavy (non-hydrogen) atoms. The molecule has 1 aliphatic rings. The van der Waals surface area contributed by atoms with Gasteiger partial charge in [-0.2, -0.15) is 5.26 Å². The second kappa shape index (κ2) is 8.29. The van der Waals surface area contributed by atoms with Gasteiger partial charge in [-0.05, 0) is 42.8 Å². The number of hydrogen-bond donors (Lipinski definition) is 0. The van der Waals surface area contributed by atoms with Crippen molar-refractivity contribution in [2.24, 2.45) is 4.99 Å². The standard InChI is InChI=1S/C22H19ClN4O2/c1-14-18(12-24)21(28)27(13-15-6-4-5-7-19(15)23)22(29)20(14)25-16-8-10-17(11-9-16)26(2)3/h4-11H,13H2,1-3H3. The Labute approximate surface area is 174 Å². The van der Waals surface area contributed by atoms with Crippen LogP contribution in [0.3, 0.4) is 0 Å². The van der Waals surface area contributed by atoms with E-state index in [-0.39, 0.29) is 23.4 Å². The molecule has 0 aliphatic carbocycles. The SMILES string of the molecule is CC1=C(C#N)C(=O)N(Cc2ccccc2Cl)C(=O)C1=Nc1ccc(N(C)C)cc1. The van der Waals surface area contributed by atoms with E-state index in [9.17, 15) is 14.9 Å². The average molecular weight is 407 g/mol. The smallest absolute Gasteiger partial charge is 0.280 e. The molecule has 0 saturated heterocycles. The monoisotopic (exact) mass is 406 g/mol. The fourth-order valence-corrected chi connectivity index (χ4v) is 3.15. The number of amides is 2. The van der Waals surface area contributed by atoms with E-state index in [1.165, 1.54) is 0 Å². The van der Waals surface area contributed by atoms with Crippen molar-refractivity contribution in [1.29, 1.82) is 5.26 Å². The van der Waals surface area contributed by atoms with E-state index < -0.39 is 11.8 Å². The molecule has 0 saturated carbocycles. The third-order valence-corrected chi connectivity index (χ3v) is 5.01. The topological polar surface area (TPSA) is 76.8 Å². The first-order chi connectivity index (χ1) is 13.8. The van der Waals surface area contributed by atoms with Crippen LogP contribution in [-0.4, -0.2) is 36.5 Å². The first-order valence-electron chi connectivity index (χ1n) is 8.90. The van der Waals surface area contributed by atoms with Crippen molar-refractivity contribution < 1.29 is 9.59 Å². The number of halogens is 1. The van der Waals surface area contributed by atoms with Gasteiger partial charge in [-0.1, -0.05) is 29.8 Å². The molecule has 2 aromatic carbocycles. The lowest BCUT2D eigenvalue weighted by atomic mass is 9.98. The Kier molecular flexibility index (Phi) is 5.81. The molecular formula is C22H19ClN4O2. The Morgan fingerprint density at radius 1 is 1.07 bits per heavy atom. The number of rotatable bonds is 4. The highest BCUT2D eigenvalue weighted by molar-refractivity contribution is 6.51. The molecule has 2 amide bonds. The third kappa shape index (κ3) is 4.05. The zero-order valence-electron chi connectivity index (χ0n) is 16.3. The van der Waals surface area contributed by atoms with Gasteiger partial charge in [0.05, 0.1) is 12.2 Å². The molecule has 0 radical (unpaired) electrons. The summed E-state index contributed by atoms with van der Waals surface area (Å²) in [5, 5.41) is 9.93. The molecule has 1 aliphatic heterocycles. The van der Waals surface area contributed by atoms with Gasteiger partial charge in [-0.3, -0.25) is 14.5 Å². The molecule has 6 nitrogen and oxygen atoms in total. The van der Waals surface area contributed by atoms with Gasteiger partial charge < -0.3 is 4.90 Å². The lowest BCUT2D eigenvalue weighted by Gasteiger charge is -2.27. The van der Waals surface area contributed by atoms with Crippen LogP contribution < -0.4 is 4.90 Å². The average Bonchev–Trinajstić information content (AvgIpc) is 2.70. The summed E-state index contributed by atoms with van der Waals surface area (Å²) in [6, 6.07) is 16.2. The van der Waals surface area contributed by atoms with Crippen molar-refractivity contribution in [3.8, 4) is 6.07 Å². The van der Waals surface area contributed by atoms with Crippen LogP contribution in [-0.2, 0) is 16.1 Å². The van der Waals surface area contributed by atoms with Crippen LogP contribution in [0.2, 0.25) is 5.02 Å². The van der Waals surface area contributed by atoms with Gasteiger partial charge in [0.25, 0.3) is 11.8 Å². The first-order valence-corrected chi connectivity index (χ1v) is 9.28. The van der Waals surface area contributed by atoms with Gasteiger partial charge in [0.15, 0.2) is 0 Å². The number of hydrogen-bond acceptors (Lipinski definition) is 5. The number of nitrogens with zero attached hydrogens (tertiary/aromatic N) is 4. The fraction of sp³-hybridized carbons (Fsp3) is 0.182. The second-order valence-corrected chi connectivity index (χ2v) is 7.18. The number of carbonyl (C=O) groups is 2. The molecule has 3 rings (SSSR count). The molecule has 1 heterocycles. The van der Waals surface area contributed by atoms with Crippen LogP contribution in [0.15, 0.2) is 64.7 Å². The lowest BCUT2D eigenvalue weighted by molar-refractivity contribution is -0.139. The number of aliphatic imine (C=N–C) groups is 1. The van der Waals surface area contributed by atoms with E-state index in [1.807, 2.05) is 37.2 Å². The molecule has 0 fully saturated rings. The summed E-state index contributed by atoms with van der Waals surface area (Å²) in [5.41, 5.74) is 2.41. The Morgan fingerprint density at radius 2 is 1.72 bits per heavy atom. The molecule has 0 bridgehead atoms. The summed E-state index contributed by atoms with van der Waals surface area (Å²) in [6.07, 6.45) is 0. The highest BCUT2D eigenvalue weighted by atomic mass is 35.5. The highest BCUT2D eigenvalue weighted by Gasteiger charge is 2.37. The van der Waals surface area contributed by atoms with Gasteiger partial charge >= 0.3 is 0 Å². The number of benzene rings is 2. The maximum Gasteiger partial charge on any atom is 0.280 e. The first kappa shape index (κ1) is 20.3. The Hall–Kier alpha value is -3.43. The molecule has 0 N–H and O–H groups in total. The third-order valence-electron chi connectivity index (χ3n) is 4.64. The van der Waals surface area contributed by atoms with E-state index >= 15 is 0 Å². The quantitative estimate of drug-likeness (QED) is 0.722. The maximum absolute atomic E-state index is 13.1. The van der Waals surface area contributed by atoms with E-state index in [0.717, 1.165) is 10.6 Å². The Morgan fingerprint density at radius 3 is 2.31 bits per heavy atom. The maximum atomic E-state index is 13.1. The molecule has 0 unspecified atom stereocenters. The summed E-state index contributed by atoms with van der Waals surface area (Å²) < 4.78 is 0. The van der Waals surface area contributed by atoms with Crippen molar-refractivity contribution in [2.45, 2.75) is 13.5 Å². The second-order valence-electron chi connectivity index (χ2n) is 6.77. The predicted octanol–water partition coefficient (Wildman–Crippen LogP) is 3.89. The largest absolute Gasteiger partial charge is 0.378 e. The minimum absolute atomic E-state index is 0.0333. The van der Waals surface area contributed by atoms with Gasteiger partial charge in [0, 0.05) is 30.4 Å². The predicted molar refractivity (Wildman–Crippen MR) is 113 cm³/mol. The normalized spacial score (nSPS) is 15.7. The minimum Gasteiger partial charge on any atom is -0.378 e. The van der Waals surface area contributed by atoms with Gasteiger partial charge in [-0.25, -0.2) is 4.99 Å². The molecule has 0 aromatic heterocycles. The van der Waals surface area contributed by atoms with Crippen molar-refractivity contribution in [2.75, 3.05) is 19.0 Å². The van der Waals surface area contributed by atoms with E-state index in [1.54, 1.807) is 43.3 Å². The van der Waals surface area contributed by atoms with Crippen LogP contribution in [0.25, 0.3) is 0 Å². The number of imide groups is 1. The molecule has 0 atom stereocenters. The lowest BCUT2D eigenvalue weighted by Crippen LogP contribution is -2.46. The molecule has 7 heteroatoms. The van der Waals surface area contributed by atoms with Crippen LogP contribution in [0.5, 0.6) is 0 Å². The van der Waals surface area contributed by atoms with E-state index in [2.05, 4.69) is 4.99 Å². The molecule has 0 spiro atoms. The van der Waals surface area contributed by atoms with E-state index in [4.69, 9.17) is 11.6 Å². The number of carbonyl (C=O) groups excluding carboxylic acids is 2. The number of nitriles is 1. The summed E-state index contributed by atoms with van der Waals surface area (Å²) in [7, 11) is 3.85. The van der Waals surface area contributed by atoms with Gasteiger partial charge in [-0.15, -0.1) is 0 Å². The highest BCUT2D eigenvalue weighted by Crippen LogP contribution is 2.26. The zero-order valence-corrected chi connectivity index (χ0v) is 17.1. The Balaban J connectivity index is 2.03. The van der Waals surface area contributed by atoms with E-state index in [0.29, 0.717) is 16.3 Å². The van der Waals surface area contributed by atoms with Crippen LogP contribution in [0, 0.1) is 11.3 Å². The number of anilines is 1. The van der Waals surface area contributed by atoms with Crippen molar-refractivity contribution in [1.82, 2.24) is 4.90 Å². The van der Waals surface area contributed by atoms with Gasteiger partial charge in [0.1, 0.15) is 17.4 Å². The minimum atomic E-state index is -0.642. The summed E-state index contributed by atoms with van der Waals surface area (Å²) in [6.45, 7) is 1.53. The van der Waals surface area contributed by atoms with Crippen LogP contribution in [0.4, 0.5) is 11.4 Å². The van der Waals surface area contributed by atoms with Crippen molar-refractivity contribution in [3.05, 3.63) is 70.3 Å². The van der Waals surface area contributed by atoms with Crippen LogP contribution >= 0.6 is 11.6 Å². The Bertz CT molecular complexity index is 1080. The summed E-state index contributed by atoms with van der Waals surface area (Å²) in [4.78, 5) is 33.2. The summed E-state index contributed by atoms with van der Waals surface area (Å²) >= 11 is 6.18.